The van der Waals surface area contributed by atoms with Crippen molar-refractivity contribution in [1.82, 2.24) is 10.2 Å². The Kier molecular flexibility index (Phi) is 4.16. The zero-order valence-electron chi connectivity index (χ0n) is 14.4. The minimum absolute atomic E-state index is 0.0321. The Bertz CT molecular complexity index is 989. The molecule has 132 valence electrons. The van der Waals surface area contributed by atoms with Crippen LogP contribution in [0.15, 0.2) is 42.5 Å². The Morgan fingerprint density at radius 3 is 2.77 bits per heavy atom. The van der Waals surface area contributed by atoms with Gasteiger partial charge >= 0.3 is 5.97 Å². The molecule has 0 radical (unpaired) electrons. The summed E-state index contributed by atoms with van der Waals surface area (Å²) in [7, 11) is 0. The van der Waals surface area contributed by atoms with E-state index in [1.165, 1.54) is 0 Å². The van der Waals surface area contributed by atoms with Gasteiger partial charge in [-0.25, -0.2) is 4.79 Å². The summed E-state index contributed by atoms with van der Waals surface area (Å²) in [5, 5.41) is 10.9. The summed E-state index contributed by atoms with van der Waals surface area (Å²) in [4.78, 5) is 23.9. The predicted molar refractivity (Wildman–Crippen MR) is 98.8 cm³/mol. The van der Waals surface area contributed by atoms with E-state index in [1.54, 1.807) is 13.0 Å². The zero-order chi connectivity index (χ0) is 18.1. The molecule has 0 saturated heterocycles. The minimum Gasteiger partial charge on any atom is -0.462 e. The fourth-order valence-electron chi connectivity index (χ4n) is 2.90. The summed E-state index contributed by atoms with van der Waals surface area (Å²) in [6.45, 7) is 2.13. The number of amides is 1. The van der Waals surface area contributed by atoms with E-state index in [2.05, 4.69) is 15.5 Å². The van der Waals surface area contributed by atoms with Crippen LogP contribution in [0, 0.1) is 5.92 Å². The molecule has 1 heterocycles. The number of anilines is 1. The van der Waals surface area contributed by atoms with Gasteiger partial charge in [-0.3, -0.25) is 9.89 Å². The first-order valence-corrected chi connectivity index (χ1v) is 8.72. The molecule has 2 N–H and O–H groups in total. The Morgan fingerprint density at radius 1 is 1.19 bits per heavy atom. The average Bonchev–Trinajstić information content (AvgIpc) is 3.44. The standard InChI is InChI=1S/C20H19N3O3/c1-2-26-20(25)15-5-3-4-13(10-15)14-8-9-16-17(11-14)22-23-18(16)21-19(24)12-6-7-12/h3-5,8-12H,2,6-7H2,1H3,(H2,21,22,23,24). The Labute approximate surface area is 150 Å². The number of benzene rings is 2. The van der Waals surface area contributed by atoms with Crippen molar-refractivity contribution in [2.75, 3.05) is 11.9 Å². The van der Waals surface area contributed by atoms with Gasteiger partial charge in [-0.05, 0) is 55.2 Å². The number of esters is 1. The van der Waals surface area contributed by atoms with Gasteiger partial charge in [0.15, 0.2) is 5.82 Å². The Balaban J connectivity index is 1.62. The first kappa shape index (κ1) is 16.3. The van der Waals surface area contributed by atoms with Crippen molar-refractivity contribution in [2.24, 2.45) is 5.92 Å². The maximum Gasteiger partial charge on any atom is 0.338 e. The zero-order valence-corrected chi connectivity index (χ0v) is 14.4. The molecule has 1 amide bonds. The van der Waals surface area contributed by atoms with Crippen molar-refractivity contribution in [3.8, 4) is 11.1 Å². The minimum atomic E-state index is -0.331. The highest BCUT2D eigenvalue weighted by Crippen LogP contribution is 2.32. The molecule has 1 aliphatic rings. The maximum atomic E-state index is 12.0. The molecular weight excluding hydrogens is 330 g/mol. The number of hydrogen-bond acceptors (Lipinski definition) is 4. The molecule has 0 atom stereocenters. The lowest BCUT2D eigenvalue weighted by atomic mass is 10.0. The van der Waals surface area contributed by atoms with Crippen LogP contribution in [0.25, 0.3) is 22.0 Å². The Morgan fingerprint density at radius 2 is 2.00 bits per heavy atom. The molecule has 6 nitrogen and oxygen atoms in total. The molecule has 0 spiro atoms. The fraction of sp³-hybridized carbons (Fsp3) is 0.250. The van der Waals surface area contributed by atoms with E-state index >= 15 is 0 Å². The number of carbonyl (C=O) groups is 2. The third kappa shape index (κ3) is 3.18. The van der Waals surface area contributed by atoms with E-state index in [-0.39, 0.29) is 17.8 Å². The number of hydrogen-bond donors (Lipinski definition) is 2. The van der Waals surface area contributed by atoms with Crippen molar-refractivity contribution in [1.29, 1.82) is 0 Å². The van der Waals surface area contributed by atoms with Gasteiger partial charge in [0.05, 0.1) is 17.7 Å². The highest BCUT2D eigenvalue weighted by molar-refractivity contribution is 6.02. The SMILES string of the molecule is CCOC(=O)c1cccc(-c2ccc3c(NC(=O)C4CC4)n[nH]c3c2)c1. The number of H-pyrrole nitrogens is 1. The van der Waals surface area contributed by atoms with Crippen LogP contribution in [-0.4, -0.2) is 28.7 Å². The lowest BCUT2D eigenvalue weighted by Gasteiger charge is -2.06. The van der Waals surface area contributed by atoms with Crippen molar-refractivity contribution in [2.45, 2.75) is 19.8 Å². The van der Waals surface area contributed by atoms with Crippen molar-refractivity contribution in [3.63, 3.8) is 0 Å². The van der Waals surface area contributed by atoms with Gasteiger partial charge < -0.3 is 10.1 Å². The number of nitrogens with one attached hydrogen (secondary N) is 2. The second kappa shape index (κ2) is 6.63. The van der Waals surface area contributed by atoms with Crippen LogP contribution in [0.4, 0.5) is 5.82 Å². The summed E-state index contributed by atoms with van der Waals surface area (Å²) in [6, 6.07) is 13.2. The summed E-state index contributed by atoms with van der Waals surface area (Å²) < 4.78 is 5.06. The Hall–Kier alpha value is -3.15. The molecule has 3 aromatic rings. The van der Waals surface area contributed by atoms with Crippen LogP contribution in [0.5, 0.6) is 0 Å². The third-order valence-electron chi connectivity index (χ3n) is 4.46. The topological polar surface area (TPSA) is 84.1 Å². The predicted octanol–water partition coefficient (Wildman–Crippen LogP) is 3.76. The van der Waals surface area contributed by atoms with Crippen LogP contribution in [0.2, 0.25) is 0 Å². The van der Waals surface area contributed by atoms with Gasteiger partial charge in [-0.15, -0.1) is 0 Å². The van der Waals surface area contributed by atoms with Gasteiger partial charge in [0, 0.05) is 11.3 Å². The van der Waals surface area contributed by atoms with Crippen LogP contribution >= 0.6 is 0 Å². The van der Waals surface area contributed by atoms with Crippen molar-refractivity contribution < 1.29 is 14.3 Å². The highest BCUT2D eigenvalue weighted by Gasteiger charge is 2.30. The van der Waals surface area contributed by atoms with E-state index in [1.807, 2.05) is 36.4 Å². The molecule has 4 rings (SSSR count). The van der Waals surface area contributed by atoms with E-state index < -0.39 is 0 Å². The maximum absolute atomic E-state index is 12.0. The monoisotopic (exact) mass is 349 g/mol. The number of aromatic amines is 1. The number of ether oxygens (including phenoxy) is 1. The number of fused-ring (bicyclic) bond motifs is 1. The van der Waals surface area contributed by atoms with Crippen LogP contribution in [0.3, 0.4) is 0 Å². The smallest absolute Gasteiger partial charge is 0.338 e. The largest absolute Gasteiger partial charge is 0.462 e. The van der Waals surface area contributed by atoms with E-state index in [9.17, 15) is 9.59 Å². The highest BCUT2D eigenvalue weighted by atomic mass is 16.5. The quantitative estimate of drug-likeness (QED) is 0.687. The summed E-state index contributed by atoms with van der Waals surface area (Å²) in [5.41, 5.74) is 3.21. The van der Waals surface area contributed by atoms with Crippen LogP contribution in [-0.2, 0) is 9.53 Å². The molecule has 6 heteroatoms. The molecule has 1 saturated carbocycles. The molecule has 1 aromatic heterocycles. The van der Waals surface area contributed by atoms with Gasteiger partial charge in [-0.2, -0.15) is 5.10 Å². The summed E-state index contributed by atoms with van der Waals surface area (Å²) in [6.07, 6.45) is 1.91. The van der Waals surface area contributed by atoms with Crippen molar-refractivity contribution in [3.05, 3.63) is 48.0 Å². The summed E-state index contributed by atoms with van der Waals surface area (Å²) >= 11 is 0. The average molecular weight is 349 g/mol. The number of rotatable bonds is 5. The molecular formula is C20H19N3O3. The van der Waals surface area contributed by atoms with Gasteiger partial charge in [0.1, 0.15) is 0 Å². The number of aromatic nitrogens is 2. The lowest BCUT2D eigenvalue weighted by molar-refractivity contribution is -0.117. The third-order valence-corrected chi connectivity index (χ3v) is 4.46. The van der Waals surface area contributed by atoms with Gasteiger partial charge in [0.2, 0.25) is 5.91 Å². The van der Waals surface area contributed by atoms with Crippen LogP contribution < -0.4 is 5.32 Å². The molecule has 0 unspecified atom stereocenters. The molecule has 0 aliphatic heterocycles. The van der Waals surface area contributed by atoms with Crippen molar-refractivity contribution >= 4 is 28.6 Å². The second-order valence-corrected chi connectivity index (χ2v) is 6.40. The van der Waals surface area contributed by atoms with E-state index in [0.717, 1.165) is 34.9 Å². The normalized spacial score (nSPS) is 13.6. The lowest BCUT2D eigenvalue weighted by Crippen LogP contribution is -2.13. The summed E-state index contributed by atoms with van der Waals surface area (Å²) in [5.74, 6) is 0.391. The second-order valence-electron chi connectivity index (χ2n) is 6.40. The molecule has 26 heavy (non-hydrogen) atoms. The fourth-order valence-corrected chi connectivity index (χ4v) is 2.90. The first-order valence-electron chi connectivity index (χ1n) is 8.72. The molecule has 0 bridgehead atoms. The van der Waals surface area contributed by atoms with Gasteiger partial charge in [0.25, 0.3) is 0 Å². The number of nitrogens with zero attached hydrogens (tertiary/aromatic N) is 1. The number of carbonyl (C=O) groups excluding carboxylic acids is 2. The van der Waals surface area contributed by atoms with Crippen LogP contribution in [0.1, 0.15) is 30.1 Å². The van der Waals surface area contributed by atoms with E-state index in [0.29, 0.717) is 18.0 Å². The van der Waals surface area contributed by atoms with E-state index in [4.69, 9.17) is 4.74 Å². The van der Waals surface area contributed by atoms with Gasteiger partial charge in [-0.1, -0.05) is 18.2 Å². The molecule has 1 aliphatic carbocycles. The molecule has 2 aromatic carbocycles. The molecule has 1 fully saturated rings. The first-order chi connectivity index (χ1) is 12.7.